The Morgan fingerprint density at radius 3 is 2.70 bits per heavy atom. The molecule has 1 saturated carbocycles. The van der Waals surface area contributed by atoms with Crippen molar-refractivity contribution < 1.29 is 5.11 Å². The van der Waals surface area contributed by atoms with Gasteiger partial charge in [0.15, 0.2) is 0 Å². The van der Waals surface area contributed by atoms with Crippen LogP contribution < -0.4 is 5.32 Å². The second kappa shape index (κ2) is 3.85. The summed E-state index contributed by atoms with van der Waals surface area (Å²) >= 11 is 4.07. The van der Waals surface area contributed by atoms with Crippen LogP contribution in [0, 0.1) is 0 Å². The number of aliphatic hydroxyl groups excluding tert-OH is 1. The van der Waals surface area contributed by atoms with Gasteiger partial charge in [0.05, 0.1) is 11.5 Å². The number of nitrogens with one attached hydrogen (secondary N) is 1. The van der Waals surface area contributed by atoms with Crippen LogP contribution >= 0.6 is 22.5 Å². The summed E-state index contributed by atoms with van der Waals surface area (Å²) < 4.78 is 0. The Morgan fingerprint density at radius 2 is 2.30 bits per heavy atom. The van der Waals surface area contributed by atoms with E-state index in [4.69, 9.17) is 5.11 Å². The minimum Gasteiger partial charge on any atom is -0.393 e. The predicted octanol–water partition coefficient (Wildman–Crippen LogP) is 1.02. The van der Waals surface area contributed by atoms with Crippen molar-refractivity contribution in [1.29, 1.82) is 0 Å². The molecule has 0 heterocycles. The summed E-state index contributed by atoms with van der Waals surface area (Å²) in [6.45, 7) is 2.07. The van der Waals surface area contributed by atoms with Gasteiger partial charge in [-0.1, -0.05) is 10.8 Å². The van der Waals surface area contributed by atoms with Crippen molar-refractivity contribution in [3.63, 3.8) is 0 Å². The van der Waals surface area contributed by atoms with Crippen LogP contribution in [0.1, 0.15) is 19.8 Å². The van der Waals surface area contributed by atoms with Gasteiger partial charge >= 0.3 is 0 Å². The first-order valence-corrected chi connectivity index (χ1v) is 5.40. The Kier molecular flexibility index (Phi) is 3.36. The van der Waals surface area contributed by atoms with E-state index in [-0.39, 0.29) is 6.10 Å². The first-order valence-electron chi connectivity index (χ1n) is 3.46. The molecule has 0 aromatic heterocycles. The van der Waals surface area contributed by atoms with Gasteiger partial charge in [-0.2, -0.15) is 0 Å². The summed E-state index contributed by atoms with van der Waals surface area (Å²) in [5.41, 5.74) is 0. The molecule has 1 unspecified atom stereocenters. The molecule has 1 atom stereocenters. The molecule has 1 aliphatic carbocycles. The zero-order valence-electron chi connectivity index (χ0n) is 5.95. The van der Waals surface area contributed by atoms with Crippen molar-refractivity contribution in [2.24, 2.45) is 0 Å². The Labute approximate surface area is 70.6 Å². The first-order chi connectivity index (χ1) is 4.72. The van der Waals surface area contributed by atoms with Crippen molar-refractivity contribution >= 4 is 22.5 Å². The molecule has 0 saturated heterocycles. The van der Waals surface area contributed by atoms with Gasteiger partial charge in [-0.05, 0) is 19.8 Å². The third-order valence-corrected chi connectivity index (χ3v) is 3.14. The molecule has 2 N–H and O–H groups in total. The van der Waals surface area contributed by atoms with Crippen LogP contribution in [0.3, 0.4) is 0 Å². The number of hydrogen-bond acceptors (Lipinski definition) is 4. The van der Waals surface area contributed by atoms with Crippen LogP contribution in [-0.2, 0) is 0 Å². The van der Waals surface area contributed by atoms with Gasteiger partial charge in [0.1, 0.15) is 0 Å². The van der Waals surface area contributed by atoms with Crippen molar-refractivity contribution in [3.8, 4) is 0 Å². The van der Waals surface area contributed by atoms with Crippen molar-refractivity contribution in [1.82, 2.24) is 5.32 Å². The normalized spacial score (nSPS) is 35.1. The Morgan fingerprint density at radius 1 is 1.70 bits per heavy atom. The Balaban J connectivity index is 2.04. The lowest BCUT2D eigenvalue weighted by Gasteiger charge is -2.33. The molecule has 0 spiro atoms. The average molecular weight is 179 g/mol. The van der Waals surface area contributed by atoms with Crippen molar-refractivity contribution in [3.05, 3.63) is 0 Å². The molecule has 0 bridgehead atoms. The predicted molar refractivity (Wildman–Crippen MR) is 48.2 cm³/mol. The molecule has 0 aromatic rings. The van der Waals surface area contributed by atoms with Gasteiger partial charge in [0.2, 0.25) is 0 Å². The van der Waals surface area contributed by atoms with Gasteiger partial charge in [0.25, 0.3) is 0 Å². The number of rotatable bonds is 3. The third-order valence-electron chi connectivity index (χ3n) is 1.74. The minimum absolute atomic E-state index is 0.0605. The molecule has 1 aliphatic rings. The van der Waals surface area contributed by atoms with E-state index in [2.05, 4.69) is 23.9 Å². The van der Waals surface area contributed by atoms with E-state index < -0.39 is 0 Å². The smallest absolute Gasteiger partial charge is 0.0607 e. The molecule has 10 heavy (non-hydrogen) atoms. The monoisotopic (exact) mass is 179 g/mol. The van der Waals surface area contributed by atoms with Gasteiger partial charge in [-0.15, -0.1) is 11.7 Å². The highest BCUT2D eigenvalue weighted by molar-refractivity contribution is 8.68. The fraction of sp³-hybridized carbons (Fsp3) is 1.00. The minimum atomic E-state index is -0.0605. The van der Waals surface area contributed by atoms with Gasteiger partial charge in [-0.25, -0.2) is 0 Å². The maximum absolute atomic E-state index is 8.94. The molecule has 1 fully saturated rings. The van der Waals surface area contributed by atoms with E-state index in [1.54, 1.807) is 0 Å². The van der Waals surface area contributed by atoms with E-state index in [1.165, 1.54) is 10.8 Å². The van der Waals surface area contributed by atoms with Crippen LogP contribution in [0.25, 0.3) is 0 Å². The lowest BCUT2D eigenvalue weighted by molar-refractivity contribution is 0.0622. The van der Waals surface area contributed by atoms with Crippen LogP contribution in [0.15, 0.2) is 0 Å². The molecule has 0 aliphatic heterocycles. The highest BCUT2D eigenvalue weighted by atomic mass is 33.1. The van der Waals surface area contributed by atoms with Crippen molar-refractivity contribution in [2.45, 2.75) is 37.3 Å². The van der Waals surface area contributed by atoms with Gasteiger partial charge < -0.3 is 10.4 Å². The SMILES string of the molecule is CC(NC1CC(O)C1)SS. The quantitative estimate of drug-likeness (QED) is 0.344. The number of thiol groups is 1. The van der Waals surface area contributed by atoms with Gasteiger partial charge in [0, 0.05) is 6.04 Å². The average Bonchev–Trinajstić information content (AvgIpc) is 1.84. The maximum Gasteiger partial charge on any atom is 0.0607 e. The van der Waals surface area contributed by atoms with Crippen LogP contribution in [0.5, 0.6) is 0 Å². The summed E-state index contributed by atoms with van der Waals surface area (Å²) in [6.07, 6.45) is 1.74. The molecule has 2 nitrogen and oxygen atoms in total. The maximum atomic E-state index is 8.94. The molecular weight excluding hydrogens is 166 g/mol. The number of aliphatic hydroxyl groups is 1. The Hall–Kier alpha value is 0.620. The second-order valence-corrected chi connectivity index (χ2v) is 4.29. The topological polar surface area (TPSA) is 32.3 Å². The summed E-state index contributed by atoms with van der Waals surface area (Å²) in [5, 5.41) is 12.7. The van der Waals surface area contributed by atoms with E-state index >= 15 is 0 Å². The summed E-state index contributed by atoms with van der Waals surface area (Å²) in [6, 6.07) is 0.518. The van der Waals surface area contributed by atoms with Crippen LogP contribution in [0.2, 0.25) is 0 Å². The fourth-order valence-corrected chi connectivity index (χ4v) is 1.52. The van der Waals surface area contributed by atoms with E-state index in [0.717, 1.165) is 12.8 Å². The zero-order valence-corrected chi connectivity index (χ0v) is 7.66. The molecule has 0 aromatic carbocycles. The first kappa shape index (κ1) is 8.71. The number of hydrogen-bond donors (Lipinski definition) is 3. The highest BCUT2D eigenvalue weighted by Gasteiger charge is 2.27. The molecule has 0 radical (unpaired) electrons. The molecule has 1 rings (SSSR count). The largest absolute Gasteiger partial charge is 0.393 e. The third kappa shape index (κ3) is 2.34. The second-order valence-electron chi connectivity index (χ2n) is 2.74. The van der Waals surface area contributed by atoms with E-state index in [9.17, 15) is 0 Å². The standard InChI is InChI=1S/C6H13NOS2/c1-4(10-9)7-5-2-6(8)3-5/h4-9H,2-3H2,1H3. The molecule has 0 amide bonds. The highest BCUT2D eigenvalue weighted by Crippen LogP contribution is 2.22. The lowest BCUT2D eigenvalue weighted by Crippen LogP contribution is -2.46. The summed E-state index contributed by atoms with van der Waals surface area (Å²) in [4.78, 5) is 0. The summed E-state index contributed by atoms with van der Waals surface area (Å²) in [5.74, 6) is 0. The zero-order chi connectivity index (χ0) is 7.56. The van der Waals surface area contributed by atoms with Gasteiger partial charge in [-0.3, -0.25) is 0 Å². The van der Waals surface area contributed by atoms with Crippen LogP contribution in [-0.4, -0.2) is 22.6 Å². The van der Waals surface area contributed by atoms with Crippen LogP contribution in [0.4, 0.5) is 0 Å². The van der Waals surface area contributed by atoms with E-state index in [0.29, 0.717) is 11.4 Å². The van der Waals surface area contributed by atoms with Crippen molar-refractivity contribution in [2.75, 3.05) is 0 Å². The van der Waals surface area contributed by atoms with E-state index in [1.807, 2.05) is 0 Å². The lowest BCUT2D eigenvalue weighted by atomic mass is 9.90. The Bertz CT molecular complexity index is 106. The molecule has 60 valence electrons. The fourth-order valence-electron chi connectivity index (χ4n) is 1.09. The molecule has 4 heteroatoms. The molecular formula is C6H13NOS2. The summed E-state index contributed by atoms with van der Waals surface area (Å²) in [7, 11) is 1.51.